The summed E-state index contributed by atoms with van der Waals surface area (Å²) in [6, 6.07) is 17.9. The number of hydrogen-bond acceptors (Lipinski definition) is 5. The first-order chi connectivity index (χ1) is 19.2. The molecule has 208 valence electrons. The second kappa shape index (κ2) is 11.5. The number of aliphatic carboxylic acids is 1. The van der Waals surface area contributed by atoms with Crippen LogP contribution in [-0.4, -0.2) is 28.0 Å². The minimum atomic E-state index is -1.13. The van der Waals surface area contributed by atoms with Crippen molar-refractivity contribution in [3.63, 3.8) is 0 Å². The summed E-state index contributed by atoms with van der Waals surface area (Å²) >= 11 is 0. The molecular formula is C33H36N2O5. The molecule has 1 saturated carbocycles. The fourth-order valence-corrected chi connectivity index (χ4v) is 5.34. The first kappa shape index (κ1) is 27.4. The highest BCUT2D eigenvalue weighted by atomic mass is 16.5. The molecule has 0 unspecified atom stereocenters. The third-order valence-electron chi connectivity index (χ3n) is 7.62. The number of benzene rings is 2. The molecule has 0 bridgehead atoms. The minimum Gasteiger partial charge on any atom is -0.480 e. The van der Waals surface area contributed by atoms with E-state index in [1.807, 2.05) is 30.3 Å². The summed E-state index contributed by atoms with van der Waals surface area (Å²) in [6.45, 7) is 6.54. The van der Waals surface area contributed by atoms with E-state index in [-0.39, 0.29) is 17.5 Å². The van der Waals surface area contributed by atoms with Crippen molar-refractivity contribution >= 4 is 22.6 Å². The van der Waals surface area contributed by atoms with Crippen molar-refractivity contribution in [3.05, 3.63) is 89.6 Å². The molecule has 5 rings (SSSR count). The average molecular weight is 541 g/mol. The Morgan fingerprint density at radius 2 is 1.77 bits per heavy atom. The van der Waals surface area contributed by atoms with Crippen molar-refractivity contribution in [3.8, 4) is 11.5 Å². The van der Waals surface area contributed by atoms with E-state index in [4.69, 9.17) is 14.1 Å². The largest absolute Gasteiger partial charge is 0.480 e. The first-order valence-corrected chi connectivity index (χ1v) is 13.9. The van der Waals surface area contributed by atoms with E-state index >= 15 is 0 Å². The normalized spacial score (nSPS) is 14.8. The SMILES string of the molecule is CC(C)(C)c1ccc(Oc2ccc3cc(C(=O)N[C@@H](Cc4ccco4)C(=O)O)nc(CC4CCCC4)c3c2)cc1. The zero-order valence-electron chi connectivity index (χ0n) is 23.3. The van der Waals surface area contributed by atoms with Crippen molar-refractivity contribution in [1.29, 1.82) is 0 Å². The number of carboxylic acid groups (broad SMARTS) is 1. The number of ether oxygens (including phenoxy) is 1. The van der Waals surface area contributed by atoms with Crippen molar-refractivity contribution in [2.75, 3.05) is 0 Å². The van der Waals surface area contributed by atoms with E-state index in [1.165, 1.54) is 24.7 Å². The van der Waals surface area contributed by atoms with Crippen LogP contribution in [0.3, 0.4) is 0 Å². The number of carbonyl (C=O) groups excluding carboxylic acids is 1. The van der Waals surface area contributed by atoms with Gasteiger partial charge >= 0.3 is 5.97 Å². The number of aromatic nitrogens is 1. The highest BCUT2D eigenvalue weighted by Gasteiger charge is 2.25. The topological polar surface area (TPSA) is 102 Å². The lowest BCUT2D eigenvalue weighted by Crippen LogP contribution is -2.42. The number of amides is 1. The molecule has 0 radical (unpaired) electrons. The van der Waals surface area contributed by atoms with Crippen LogP contribution in [0.15, 0.2) is 71.3 Å². The molecule has 0 spiro atoms. The lowest BCUT2D eigenvalue weighted by atomic mass is 9.87. The summed E-state index contributed by atoms with van der Waals surface area (Å²) in [5, 5.41) is 14.1. The fraction of sp³-hybridized carbons (Fsp3) is 0.364. The Kier molecular flexibility index (Phi) is 7.92. The molecule has 7 heteroatoms. The van der Waals surface area contributed by atoms with E-state index in [9.17, 15) is 14.7 Å². The number of rotatable bonds is 9. The Hall–Kier alpha value is -4.13. The third kappa shape index (κ3) is 6.53. The van der Waals surface area contributed by atoms with Gasteiger partial charge in [0, 0.05) is 17.5 Å². The summed E-state index contributed by atoms with van der Waals surface area (Å²) in [4.78, 5) is 29.9. The van der Waals surface area contributed by atoms with Crippen molar-refractivity contribution in [2.24, 2.45) is 5.92 Å². The summed E-state index contributed by atoms with van der Waals surface area (Å²) in [6.07, 6.45) is 6.98. The van der Waals surface area contributed by atoms with Crippen molar-refractivity contribution in [1.82, 2.24) is 10.3 Å². The van der Waals surface area contributed by atoms with E-state index in [0.29, 0.717) is 17.4 Å². The van der Waals surface area contributed by atoms with Gasteiger partial charge in [-0.1, -0.05) is 64.7 Å². The molecule has 2 heterocycles. The van der Waals surface area contributed by atoms with Gasteiger partial charge in [0.05, 0.1) is 6.26 Å². The maximum atomic E-state index is 13.2. The number of carbonyl (C=O) groups is 2. The van der Waals surface area contributed by atoms with Crippen LogP contribution < -0.4 is 10.1 Å². The molecule has 4 aromatic rings. The van der Waals surface area contributed by atoms with Gasteiger partial charge in [-0.2, -0.15) is 0 Å². The van der Waals surface area contributed by atoms with Crippen LogP contribution in [-0.2, 0) is 23.1 Å². The smallest absolute Gasteiger partial charge is 0.326 e. The second-order valence-corrected chi connectivity index (χ2v) is 11.7. The molecule has 1 amide bonds. The number of furan rings is 1. The summed E-state index contributed by atoms with van der Waals surface area (Å²) in [5.41, 5.74) is 2.34. The van der Waals surface area contributed by atoms with Gasteiger partial charge < -0.3 is 19.6 Å². The highest BCUT2D eigenvalue weighted by molar-refractivity contribution is 5.99. The standard InChI is InChI=1S/C33H36N2O5/c1-33(2,3)23-11-14-24(15-12-23)40-26-13-10-22-18-29(34-28(27(22)19-26)17-21-7-4-5-8-21)31(36)35-30(32(37)38)20-25-9-6-16-39-25/h6,9-16,18-19,21,30H,4-5,7-8,17,20H2,1-3H3,(H,35,36)(H,37,38)/t30-/m0/s1. The van der Waals surface area contributed by atoms with Crippen LogP contribution in [0.1, 0.15) is 74.0 Å². The van der Waals surface area contributed by atoms with Crippen LogP contribution in [0.2, 0.25) is 0 Å². The van der Waals surface area contributed by atoms with Crippen LogP contribution in [0.5, 0.6) is 11.5 Å². The highest BCUT2D eigenvalue weighted by Crippen LogP contribution is 2.33. The number of nitrogens with zero attached hydrogens (tertiary/aromatic N) is 1. The average Bonchev–Trinajstić information content (AvgIpc) is 3.63. The zero-order chi connectivity index (χ0) is 28.3. The number of carboxylic acids is 1. The Balaban J connectivity index is 1.43. The Labute approximate surface area is 234 Å². The molecule has 40 heavy (non-hydrogen) atoms. The van der Waals surface area contributed by atoms with Gasteiger partial charge in [0.2, 0.25) is 0 Å². The van der Waals surface area contributed by atoms with E-state index in [0.717, 1.165) is 41.5 Å². The zero-order valence-corrected chi connectivity index (χ0v) is 23.3. The fourth-order valence-electron chi connectivity index (χ4n) is 5.34. The van der Waals surface area contributed by atoms with Gasteiger partial charge in [0.1, 0.15) is 29.0 Å². The van der Waals surface area contributed by atoms with Crippen molar-refractivity contribution in [2.45, 2.75) is 70.8 Å². The lowest BCUT2D eigenvalue weighted by molar-refractivity contribution is -0.139. The van der Waals surface area contributed by atoms with Crippen LogP contribution >= 0.6 is 0 Å². The maximum absolute atomic E-state index is 13.2. The van der Waals surface area contributed by atoms with Crippen LogP contribution in [0, 0.1) is 5.92 Å². The first-order valence-electron chi connectivity index (χ1n) is 13.9. The molecule has 7 nitrogen and oxygen atoms in total. The van der Waals surface area contributed by atoms with Gasteiger partial charge in [-0.25, -0.2) is 9.78 Å². The second-order valence-electron chi connectivity index (χ2n) is 11.7. The molecule has 1 aliphatic rings. The molecule has 1 aliphatic carbocycles. The van der Waals surface area contributed by atoms with E-state index < -0.39 is 17.9 Å². The number of hydrogen-bond donors (Lipinski definition) is 2. The van der Waals surface area contributed by atoms with Crippen molar-refractivity contribution < 1.29 is 23.8 Å². The van der Waals surface area contributed by atoms with Gasteiger partial charge in [-0.3, -0.25) is 4.79 Å². The number of fused-ring (bicyclic) bond motifs is 1. The molecule has 1 fully saturated rings. The summed E-state index contributed by atoms with van der Waals surface area (Å²) in [5.74, 6) is 0.801. The quantitative estimate of drug-likeness (QED) is 0.235. The maximum Gasteiger partial charge on any atom is 0.326 e. The summed E-state index contributed by atoms with van der Waals surface area (Å²) < 4.78 is 11.5. The lowest BCUT2D eigenvalue weighted by Gasteiger charge is -2.19. The Morgan fingerprint density at radius 1 is 1.05 bits per heavy atom. The number of nitrogens with one attached hydrogen (secondary N) is 1. The van der Waals surface area contributed by atoms with E-state index in [2.05, 4.69) is 38.2 Å². The van der Waals surface area contributed by atoms with E-state index in [1.54, 1.807) is 18.2 Å². The molecule has 2 N–H and O–H groups in total. The van der Waals surface area contributed by atoms with Crippen LogP contribution in [0.25, 0.3) is 10.8 Å². The molecular weight excluding hydrogens is 504 g/mol. The monoisotopic (exact) mass is 540 g/mol. The van der Waals surface area contributed by atoms with Gasteiger partial charge in [0.25, 0.3) is 5.91 Å². The molecule has 2 aromatic heterocycles. The Morgan fingerprint density at radius 3 is 2.42 bits per heavy atom. The van der Waals surface area contributed by atoms with Gasteiger partial charge in [0.15, 0.2) is 0 Å². The Bertz CT molecular complexity index is 1480. The van der Waals surface area contributed by atoms with Gasteiger partial charge in [-0.05, 0) is 71.2 Å². The predicted molar refractivity (Wildman–Crippen MR) is 154 cm³/mol. The number of pyridine rings is 1. The minimum absolute atomic E-state index is 0.0496. The predicted octanol–water partition coefficient (Wildman–Crippen LogP) is 7.08. The van der Waals surface area contributed by atoms with Gasteiger partial charge in [-0.15, -0.1) is 0 Å². The molecule has 0 saturated heterocycles. The third-order valence-corrected chi connectivity index (χ3v) is 7.62. The molecule has 2 aromatic carbocycles. The molecule has 1 atom stereocenters. The molecule has 0 aliphatic heterocycles. The summed E-state index contributed by atoms with van der Waals surface area (Å²) in [7, 11) is 0. The van der Waals surface area contributed by atoms with Crippen LogP contribution in [0.4, 0.5) is 0 Å².